The summed E-state index contributed by atoms with van der Waals surface area (Å²) >= 11 is 1.38. The maximum atomic E-state index is 12.9. The second-order valence-electron chi connectivity index (χ2n) is 6.79. The molecule has 0 saturated heterocycles. The van der Waals surface area contributed by atoms with Crippen LogP contribution in [0.25, 0.3) is 0 Å². The van der Waals surface area contributed by atoms with Crippen LogP contribution in [0.15, 0.2) is 96.4 Å². The Morgan fingerprint density at radius 2 is 1.40 bits per heavy atom. The molecule has 4 aromatic rings. The van der Waals surface area contributed by atoms with Crippen LogP contribution in [0, 0.1) is 0 Å². The predicted octanol–water partition coefficient (Wildman–Crippen LogP) is 5.84. The van der Waals surface area contributed by atoms with Crippen molar-refractivity contribution in [2.24, 2.45) is 0 Å². The van der Waals surface area contributed by atoms with E-state index in [4.69, 9.17) is 0 Å². The molecule has 5 heteroatoms. The lowest BCUT2D eigenvalue weighted by Crippen LogP contribution is -2.15. The summed E-state index contributed by atoms with van der Waals surface area (Å²) in [6.45, 7) is 0. The van der Waals surface area contributed by atoms with Gasteiger partial charge in [-0.3, -0.25) is 9.59 Å². The summed E-state index contributed by atoms with van der Waals surface area (Å²) in [7, 11) is 0. The summed E-state index contributed by atoms with van der Waals surface area (Å²) in [6.07, 6.45) is 0.682. The van der Waals surface area contributed by atoms with Gasteiger partial charge in [0.05, 0.1) is 4.88 Å². The minimum absolute atomic E-state index is 0.165. The third-order valence-electron chi connectivity index (χ3n) is 4.62. The Bertz CT molecular complexity index is 1150. The molecule has 0 aliphatic rings. The Morgan fingerprint density at radius 1 is 0.700 bits per heavy atom. The van der Waals surface area contributed by atoms with E-state index in [1.54, 1.807) is 30.3 Å². The van der Waals surface area contributed by atoms with Crippen molar-refractivity contribution in [2.75, 3.05) is 10.6 Å². The van der Waals surface area contributed by atoms with Crippen molar-refractivity contribution in [1.29, 1.82) is 0 Å². The Kier molecular flexibility index (Phi) is 6.01. The van der Waals surface area contributed by atoms with E-state index in [1.807, 2.05) is 53.9 Å². The summed E-state index contributed by atoms with van der Waals surface area (Å²) < 4.78 is 0. The first-order chi connectivity index (χ1) is 14.7. The minimum atomic E-state index is -0.178. The quantitative estimate of drug-likeness (QED) is 0.418. The van der Waals surface area contributed by atoms with Crippen LogP contribution in [-0.2, 0) is 6.42 Å². The van der Waals surface area contributed by atoms with Gasteiger partial charge in [0.1, 0.15) is 0 Å². The standard InChI is InChI=1S/C25H20N2O2S/c28-24(22-13-5-4-10-19(22)16-18-8-2-1-3-9-18)26-20-11-6-12-21(17-20)27-25(29)23-14-7-15-30-23/h1-15,17H,16H2,(H,26,28)(H,27,29). The summed E-state index contributed by atoms with van der Waals surface area (Å²) in [5.74, 6) is -0.343. The van der Waals surface area contributed by atoms with Crippen LogP contribution in [-0.4, -0.2) is 11.8 Å². The van der Waals surface area contributed by atoms with Crippen molar-refractivity contribution in [2.45, 2.75) is 6.42 Å². The molecule has 0 radical (unpaired) electrons. The maximum absolute atomic E-state index is 12.9. The molecule has 1 aromatic heterocycles. The van der Waals surface area contributed by atoms with E-state index < -0.39 is 0 Å². The smallest absolute Gasteiger partial charge is 0.265 e. The van der Waals surface area contributed by atoms with Gasteiger partial charge in [-0.15, -0.1) is 11.3 Å². The highest BCUT2D eigenvalue weighted by Gasteiger charge is 2.13. The highest BCUT2D eigenvalue weighted by molar-refractivity contribution is 7.12. The average molecular weight is 413 g/mol. The largest absolute Gasteiger partial charge is 0.322 e. The molecule has 2 N–H and O–H groups in total. The van der Waals surface area contributed by atoms with Gasteiger partial charge >= 0.3 is 0 Å². The molecule has 148 valence electrons. The van der Waals surface area contributed by atoms with E-state index in [9.17, 15) is 9.59 Å². The van der Waals surface area contributed by atoms with Crippen LogP contribution in [0.1, 0.15) is 31.2 Å². The van der Waals surface area contributed by atoms with Gasteiger partial charge in [0.15, 0.2) is 0 Å². The number of benzene rings is 3. The van der Waals surface area contributed by atoms with E-state index >= 15 is 0 Å². The average Bonchev–Trinajstić information content (AvgIpc) is 3.30. The molecular weight excluding hydrogens is 392 g/mol. The predicted molar refractivity (Wildman–Crippen MR) is 122 cm³/mol. The number of carbonyl (C=O) groups is 2. The Morgan fingerprint density at radius 3 is 2.13 bits per heavy atom. The van der Waals surface area contributed by atoms with Crippen molar-refractivity contribution in [3.05, 3.63) is 118 Å². The van der Waals surface area contributed by atoms with Crippen LogP contribution in [0.5, 0.6) is 0 Å². The Labute approximate surface area is 179 Å². The zero-order valence-corrected chi connectivity index (χ0v) is 17.0. The van der Waals surface area contributed by atoms with Gasteiger partial charge in [-0.05, 0) is 53.3 Å². The number of nitrogens with one attached hydrogen (secondary N) is 2. The fourth-order valence-corrected chi connectivity index (χ4v) is 3.80. The summed E-state index contributed by atoms with van der Waals surface area (Å²) in [4.78, 5) is 25.8. The highest BCUT2D eigenvalue weighted by atomic mass is 32.1. The van der Waals surface area contributed by atoms with E-state index in [0.29, 0.717) is 28.2 Å². The highest BCUT2D eigenvalue weighted by Crippen LogP contribution is 2.20. The molecule has 0 aliphatic carbocycles. The number of hydrogen-bond acceptors (Lipinski definition) is 3. The topological polar surface area (TPSA) is 58.2 Å². The molecule has 0 fully saturated rings. The van der Waals surface area contributed by atoms with Crippen molar-refractivity contribution in [3.8, 4) is 0 Å². The first kappa shape index (κ1) is 19.6. The van der Waals surface area contributed by atoms with E-state index in [0.717, 1.165) is 11.1 Å². The minimum Gasteiger partial charge on any atom is -0.322 e. The normalized spacial score (nSPS) is 10.4. The van der Waals surface area contributed by atoms with Crippen LogP contribution in [0.2, 0.25) is 0 Å². The van der Waals surface area contributed by atoms with Crippen molar-refractivity contribution in [3.63, 3.8) is 0 Å². The lowest BCUT2D eigenvalue weighted by atomic mass is 9.99. The molecular formula is C25H20N2O2S. The van der Waals surface area contributed by atoms with Crippen LogP contribution >= 0.6 is 11.3 Å². The molecule has 1 heterocycles. The van der Waals surface area contributed by atoms with Gasteiger partial charge < -0.3 is 10.6 Å². The van der Waals surface area contributed by atoms with Crippen LogP contribution in [0.4, 0.5) is 11.4 Å². The lowest BCUT2D eigenvalue weighted by molar-refractivity contribution is 0.102. The molecule has 0 saturated carbocycles. The second-order valence-corrected chi connectivity index (χ2v) is 7.73. The molecule has 4 rings (SSSR count). The molecule has 0 aliphatic heterocycles. The molecule has 0 unspecified atom stereocenters. The zero-order valence-electron chi connectivity index (χ0n) is 16.2. The SMILES string of the molecule is O=C(Nc1cccc(NC(=O)c2ccccc2Cc2ccccc2)c1)c1cccs1. The maximum Gasteiger partial charge on any atom is 0.265 e. The first-order valence-corrected chi connectivity index (χ1v) is 10.4. The lowest BCUT2D eigenvalue weighted by Gasteiger charge is -2.12. The number of thiophene rings is 1. The van der Waals surface area contributed by atoms with Crippen LogP contribution in [0.3, 0.4) is 0 Å². The van der Waals surface area contributed by atoms with Crippen molar-refractivity contribution >= 4 is 34.5 Å². The molecule has 30 heavy (non-hydrogen) atoms. The third kappa shape index (κ3) is 4.82. The molecule has 3 aromatic carbocycles. The fourth-order valence-electron chi connectivity index (χ4n) is 3.19. The zero-order chi connectivity index (χ0) is 20.8. The molecule has 2 amide bonds. The molecule has 4 nitrogen and oxygen atoms in total. The Hall–Kier alpha value is -3.70. The third-order valence-corrected chi connectivity index (χ3v) is 5.49. The van der Waals surface area contributed by atoms with Crippen molar-refractivity contribution in [1.82, 2.24) is 0 Å². The molecule has 0 bridgehead atoms. The number of hydrogen-bond donors (Lipinski definition) is 2. The molecule has 0 spiro atoms. The van der Waals surface area contributed by atoms with Crippen molar-refractivity contribution < 1.29 is 9.59 Å². The van der Waals surface area contributed by atoms with Gasteiger partial charge in [-0.1, -0.05) is 60.7 Å². The van der Waals surface area contributed by atoms with Gasteiger partial charge in [-0.2, -0.15) is 0 Å². The number of carbonyl (C=O) groups excluding carboxylic acids is 2. The first-order valence-electron chi connectivity index (χ1n) is 9.57. The monoisotopic (exact) mass is 412 g/mol. The summed E-state index contributed by atoms with van der Waals surface area (Å²) in [5, 5.41) is 7.67. The van der Waals surface area contributed by atoms with E-state index in [-0.39, 0.29) is 11.8 Å². The summed E-state index contributed by atoms with van der Waals surface area (Å²) in [5.41, 5.74) is 4.00. The van der Waals surface area contributed by atoms with Gasteiger partial charge in [0.25, 0.3) is 11.8 Å². The second kappa shape index (κ2) is 9.20. The Balaban J connectivity index is 1.49. The van der Waals surface area contributed by atoms with Gasteiger partial charge in [0.2, 0.25) is 0 Å². The van der Waals surface area contributed by atoms with E-state index in [1.165, 1.54) is 11.3 Å². The number of amides is 2. The molecule has 0 atom stereocenters. The number of anilines is 2. The van der Waals surface area contributed by atoms with E-state index in [2.05, 4.69) is 22.8 Å². The fraction of sp³-hybridized carbons (Fsp3) is 0.0400. The summed E-state index contributed by atoms with van der Waals surface area (Å²) in [6, 6.07) is 28.4. The van der Waals surface area contributed by atoms with Gasteiger partial charge in [-0.25, -0.2) is 0 Å². The van der Waals surface area contributed by atoms with Crippen LogP contribution < -0.4 is 10.6 Å². The number of rotatable bonds is 6. The van der Waals surface area contributed by atoms with Gasteiger partial charge in [0, 0.05) is 16.9 Å².